The average Bonchev–Trinajstić information content (AvgIpc) is 2.57. The Morgan fingerprint density at radius 2 is 1.64 bits per heavy atom. The molecule has 0 aliphatic rings. The molecule has 0 heterocycles. The highest BCUT2D eigenvalue weighted by Gasteiger charge is 2.05. The second kappa shape index (κ2) is 9.81. The molecule has 1 amide bonds. The van der Waals surface area contributed by atoms with E-state index in [9.17, 15) is 4.79 Å². The normalized spacial score (nSPS) is 10.9. The molecule has 3 nitrogen and oxygen atoms in total. The lowest BCUT2D eigenvalue weighted by Gasteiger charge is -2.10. The van der Waals surface area contributed by atoms with E-state index in [2.05, 4.69) is 36.4 Å². The molecule has 0 aliphatic heterocycles. The third-order valence-electron chi connectivity index (χ3n) is 3.94. The first kappa shape index (κ1) is 19.8. The van der Waals surface area contributed by atoms with Crippen LogP contribution in [0.3, 0.4) is 0 Å². The van der Waals surface area contributed by atoms with Gasteiger partial charge in [0.25, 0.3) is 0 Å². The Hall–Kier alpha value is -1.55. The van der Waals surface area contributed by atoms with Gasteiger partial charge in [0, 0.05) is 18.7 Å². The van der Waals surface area contributed by atoms with Crippen molar-refractivity contribution in [1.29, 1.82) is 0 Å². The molecule has 1 N–H and O–H groups in total. The zero-order chi connectivity index (χ0) is 18.2. The van der Waals surface area contributed by atoms with Gasteiger partial charge in [-0.05, 0) is 68.8 Å². The van der Waals surface area contributed by atoms with Crippen molar-refractivity contribution in [3.05, 3.63) is 63.6 Å². The van der Waals surface area contributed by atoms with Crippen LogP contribution in [-0.4, -0.2) is 31.4 Å². The molecule has 0 bridgehead atoms. The van der Waals surface area contributed by atoms with E-state index in [4.69, 9.17) is 23.2 Å². The fraction of sp³-hybridized carbons (Fsp3) is 0.350. The summed E-state index contributed by atoms with van der Waals surface area (Å²) < 4.78 is 0. The van der Waals surface area contributed by atoms with Gasteiger partial charge in [-0.3, -0.25) is 4.79 Å². The number of carbonyl (C=O) groups excluding carboxylic acids is 1. The predicted molar refractivity (Wildman–Crippen MR) is 107 cm³/mol. The zero-order valence-corrected chi connectivity index (χ0v) is 16.2. The molecular weight excluding hydrogens is 355 g/mol. The largest absolute Gasteiger partial charge is 0.326 e. The molecular formula is C20H24Cl2N2O. The minimum atomic E-state index is 0.0288. The number of likely N-dealkylation sites (N-methyl/N-ethyl adjacent to an activating group) is 1. The number of benzene rings is 2. The van der Waals surface area contributed by atoms with Gasteiger partial charge in [-0.25, -0.2) is 0 Å². The molecule has 2 rings (SSSR count). The number of nitrogens with zero attached hydrogens (tertiary/aromatic N) is 1. The fourth-order valence-corrected chi connectivity index (χ4v) is 2.80. The first-order chi connectivity index (χ1) is 11.9. The lowest BCUT2D eigenvalue weighted by Crippen LogP contribution is -2.15. The Balaban J connectivity index is 1.75. The molecule has 0 fully saturated rings. The highest BCUT2D eigenvalue weighted by atomic mass is 35.5. The van der Waals surface area contributed by atoms with Gasteiger partial charge in [0.2, 0.25) is 5.91 Å². The molecule has 0 spiro atoms. The van der Waals surface area contributed by atoms with Crippen molar-refractivity contribution in [2.24, 2.45) is 0 Å². The average molecular weight is 379 g/mol. The van der Waals surface area contributed by atoms with Crippen LogP contribution in [-0.2, 0) is 17.6 Å². The van der Waals surface area contributed by atoms with Gasteiger partial charge in [-0.1, -0.05) is 41.4 Å². The first-order valence-electron chi connectivity index (χ1n) is 8.41. The van der Waals surface area contributed by atoms with Crippen molar-refractivity contribution in [3.8, 4) is 0 Å². The first-order valence-corrected chi connectivity index (χ1v) is 9.17. The molecule has 0 aliphatic carbocycles. The molecule has 0 unspecified atom stereocenters. The monoisotopic (exact) mass is 378 g/mol. The third kappa shape index (κ3) is 7.07. The van der Waals surface area contributed by atoms with E-state index in [1.54, 1.807) is 6.07 Å². The highest BCUT2D eigenvalue weighted by molar-refractivity contribution is 6.42. The van der Waals surface area contributed by atoms with Crippen LogP contribution in [0.2, 0.25) is 10.0 Å². The summed E-state index contributed by atoms with van der Waals surface area (Å²) in [7, 11) is 4.12. The summed E-state index contributed by atoms with van der Waals surface area (Å²) in [5, 5.41) is 4.05. The predicted octanol–water partition coefficient (Wildman–Crippen LogP) is 5.06. The second-order valence-corrected chi connectivity index (χ2v) is 7.21. The quantitative estimate of drug-likeness (QED) is 0.695. The Morgan fingerprint density at radius 1 is 0.960 bits per heavy atom. The highest BCUT2D eigenvalue weighted by Crippen LogP contribution is 2.23. The molecule has 25 heavy (non-hydrogen) atoms. The van der Waals surface area contributed by atoms with Crippen LogP contribution in [0.5, 0.6) is 0 Å². The van der Waals surface area contributed by atoms with Crippen LogP contribution >= 0.6 is 23.2 Å². The van der Waals surface area contributed by atoms with Gasteiger partial charge >= 0.3 is 0 Å². The number of rotatable bonds is 8. The summed E-state index contributed by atoms with van der Waals surface area (Å²) in [6, 6.07) is 13.6. The number of anilines is 1. The standard InChI is InChI=1S/C20H24Cl2N2O/c1-24(2)13-12-15-6-9-17(10-7-15)23-20(25)5-3-4-16-8-11-18(21)19(22)14-16/h6-11,14H,3-5,12-13H2,1-2H3,(H,23,25). The third-order valence-corrected chi connectivity index (χ3v) is 4.68. The minimum absolute atomic E-state index is 0.0288. The van der Waals surface area contributed by atoms with Crippen molar-refractivity contribution < 1.29 is 4.79 Å². The Kier molecular flexibility index (Phi) is 7.76. The van der Waals surface area contributed by atoms with E-state index < -0.39 is 0 Å². The summed E-state index contributed by atoms with van der Waals surface area (Å²) in [6.45, 7) is 1.01. The van der Waals surface area contributed by atoms with E-state index in [-0.39, 0.29) is 5.91 Å². The molecule has 0 saturated heterocycles. The van der Waals surface area contributed by atoms with Gasteiger partial charge in [-0.2, -0.15) is 0 Å². The van der Waals surface area contributed by atoms with Crippen molar-refractivity contribution in [1.82, 2.24) is 4.90 Å². The van der Waals surface area contributed by atoms with Gasteiger partial charge < -0.3 is 10.2 Å². The van der Waals surface area contributed by atoms with E-state index in [1.807, 2.05) is 24.3 Å². The molecule has 5 heteroatoms. The van der Waals surface area contributed by atoms with E-state index in [0.29, 0.717) is 16.5 Å². The summed E-state index contributed by atoms with van der Waals surface area (Å²) in [6.07, 6.45) is 3.05. The van der Waals surface area contributed by atoms with E-state index >= 15 is 0 Å². The maximum atomic E-state index is 12.1. The van der Waals surface area contributed by atoms with Crippen LogP contribution in [0.15, 0.2) is 42.5 Å². The number of amides is 1. The molecule has 134 valence electrons. The van der Waals surface area contributed by atoms with Crippen molar-refractivity contribution in [3.63, 3.8) is 0 Å². The lowest BCUT2D eigenvalue weighted by atomic mass is 10.1. The molecule has 0 saturated carbocycles. The van der Waals surface area contributed by atoms with Crippen molar-refractivity contribution in [2.75, 3.05) is 26.0 Å². The van der Waals surface area contributed by atoms with Gasteiger partial charge in [-0.15, -0.1) is 0 Å². The second-order valence-electron chi connectivity index (χ2n) is 6.40. The van der Waals surface area contributed by atoms with Crippen LogP contribution < -0.4 is 5.32 Å². The number of aryl methyl sites for hydroxylation is 1. The molecule has 0 radical (unpaired) electrons. The molecule has 2 aromatic rings. The van der Waals surface area contributed by atoms with E-state index in [1.165, 1.54) is 5.56 Å². The summed E-state index contributed by atoms with van der Waals surface area (Å²) in [5.41, 5.74) is 3.20. The lowest BCUT2D eigenvalue weighted by molar-refractivity contribution is -0.116. The SMILES string of the molecule is CN(C)CCc1ccc(NC(=O)CCCc2ccc(Cl)c(Cl)c2)cc1. The van der Waals surface area contributed by atoms with E-state index in [0.717, 1.165) is 37.1 Å². The summed E-state index contributed by atoms with van der Waals surface area (Å²) >= 11 is 11.9. The number of nitrogens with one attached hydrogen (secondary N) is 1. The maximum absolute atomic E-state index is 12.1. The fourth-order valence-electron chi connectivity index (χ4n) is 2.48. The number of carbonyl (C=O) groups is 1. The number of halogens is 2. The van der Waals surface area contributed by atoms with Crippen molar-refractivity contribution in [2.45, 2.75) is 25.7 Å². The van der Waals surface area contributed by atoms with Crippen LogP contribution in [0.4, 0.5) is 5.69 Å². The smallest absolute Gasteiger partial charge is 0.224 e. The molecule has 0 atom stereocenters. The Labute approximate surface area is 159 Å². The van der Waals surface area contributed by atoms with Crippen LogP contribution in [0.25, 0.3) is 0 Å². The van der Waals surface area contributed by atoms with Gasteiger partial charge in [0.1, 0.15) is 0 Å². The van der Waals surface area contributed by atoms with Crippen LogP contribution in [0.1, 0.15) is 24.0 Å². The molecule has 0 aromatic heterocycles. The summed E-state index contributed by atoms with van der Waals surface area (Å²) in [5.74, 6) is 0.0288. The minimum Gasteiger partial charge on any atom is -0.326 e. The number of hydrogen-bond acceptors (Lipinski definition) is 2. The van der Waals surface area contributed by atoms with Crippen molar-refractivity contribution >= 4 is 34.8 Å². The maximum Gasteiger partial charge on any atom is 0.224 e. The molecule has 2 aromatic carbocycles. The Bertz CT molecular complexity index is 699. The Morgan fingerprint density at radius 3 is 2.28 bits per heavy atom. The topological polar surface area (TPSA) is 32.3 Å². The zero-order valence-electron chi connectivity index (χ0n) is 14.7. The van der Waals surface area contributed by atoms with Crippen LogP contribution in [0, 0.1) is 0 Å². The van der Waals surface area contributed by atoms with Gasteiger partial charge in [0.15, 0.2) is 0 Å². The summed E-state index contributed by atoms with van der Waals surface area (Å²) in [4.78, 5) is 14.2. The number of hydrogen-bond donors (Lipinski definition) is 1. The van der Waals surface area contributed by atoms with Gasteiger partial charge in [0.05, 0.1) is 10.0 Å².